The minimum atomic E-state index is -0.686. The van der Waals surface area contributed by atoms with Crippen LogP contribution in [0.3, 0.4) is 0 Å². The third kappa shape index (κ3) is 2.87. The molecule has 0 saturated carbocycles. The van der Waals surface area contributed by atoms with E-state index in [1.165, 1.54) is 0 Å². The Morgan fingerprint density at radius 3 is 2.30 bits per heavy atom. The van der Waals surface area contributed by atoms with Crippen molar-refractivity contribution < 1.29 is 9.84 Å². The Balaban J connectivity index is 1.46. The summed E-state index contributed by atoms with van der Waals surface area (Å²) in [6.07, 6.45) is 2.20. The first-order chi connectivity index (χ1) is 11.2. The van der Waals surface area contributed by atoms with Gasteiger partial charge in [0.05, 0.1) is 0 Å². The fourth-order valence-electron chi connectivity index (χ4n) is 3.95. The minimum Gasteiger partial charge on any atom is -0.489 e. The predicted molar refractivity (Wildman–Crippen MR) is 90.3 cm³/mol. The van der Waals surface area contributed by atoms with Crippen LogP contribution in [0, 0.1) is 5.92 Å². The number of hydrogen-bond acceptors (Lipinski definition) is 3. The van der Waals surface area contributed by atoms with Gasteiger partial charge < -0.3 is 14.7 Å². The molecule has 2 aromatic rings. The van der Waals surface area contributed by atoms with Gasteiger partial charge in [-0.3, -0.25) is 0 Å². The van der Waals surface area contributed by atoms with E-state index >= 15 is 0 Å². The summed E-state index contributed by atoms with van der Waals surface area (Å²) in [7, 11) is 0. The molecule has 23 heavy (non-hydrogen) atoms. The van der Waals surface area contributed by atoms with Crippen molar-refractivity contribution in [1.29, 1.82) is 0 Å². The van der Waals surface area contributed by atoms with Crippen LogP contribution in [0.4, 0.5) is 0 Å². The Bertz CT molecular complexity index is 647. The number of benzene rings is 2. The molecule has 1 unspecified atom stereocenters. The van der Waals surface area contributed by atoms with E-state index < -0.39 is 5.60 Å². The average Bonchev–Trinajstić information content (AvgIpc) is 2.62. The first-order valence-electron chi connectivity index (χ1n) is 8.46. The molecule has 5 rings (SSSR count). The fraction of sp³-hybridized carbons (Fsp3) is 0.400. The van der Waals surface area contributed by atoms with Crippen LogP contribution < -0.4 is 4.74 Å². The lowest BCUT2D eigenvalue weighted by Gasteiger charge is -2.50. The number of nitrogens with zero attached hydrogens (tertiary/aromatic N) is 1. The van der Waals surface area contributed by atoms with Crippen molar-refractivity contribution in [1.82, 2.24) is 4.90 Å². The zero-order chi connectivity index (χ0) is 15.7. The standard InChI is InChI=1S/C20H23NO2/c22-20(15-21-12-10-18(20)11-13-21)17-6-8-19(9-7-17)23-14-16-4-2-1-3-5-16/h1-9,18,22H,10-15H2. The van der Waals surface area contributed by atoms with Gasteiger partial charge in [-0.2, -0.15) is 0 Å². The van der Waals surface area contributed by atoms with Crippen LogP contribution in [0.2, 0.25) is 0 Å². The minimum absolute atomic E-state index is 0.392. The van der Waals surface area contributed by atoms with Gasteiger partial charge in [0.2, 0.25) is 0 Å². The van der Waals surface area contributed by atoms with Crippen LogP contribution in [0.15, 0.2) is 54.6 Å². The lowest BCUT2D eigenvalue weighted by Crippen LogP contribution is -2.57. The SMILES string of the molecule is OC1(c2ccc(OCc3ccccc3)cc2)CN2CCC1CC2. The summed E-state index contributed by atoms with van der Waals surface area (Å²) in [4.78, 5) is 2.37. The highest BCUT2D eigenvalue weighted by molar-refractivity contribution is 5.33. The molecule has 3 fully saturated rings. The first-order valence-corrected chi connectivity index (χ1v) is 8.46. The van der Waals surface area contributed by atoms with Gasteiger partial charge in [-0.15, -0.1) is 0 Å². The van der Waals surface area contributed by atoms with Gasteiger partial charge in [-0.25, -0.2) is 0 Å². The summed E-state index contributed by atoms with van der Waals surface area (Å²) >= 11 is 0. The molecule has 3 aliphatic rings. The van der Waals surface area contributed by atoms with Crippen LogP contribution in [-0.2, 0) is 12.2 Å². The number of aliphatic hydroxyl groups is 1. The van der Waals surface area contributed by atoms with E-state index in [-0.39, 0.29) is 0 Å². The van der Waals surface area contributed by atoms with Gasteiger partial charge in [-0.05, 0) is 55.1 Å². The Hall–Kier alpha value is -1.84. The maximum Gasteiger partial charge on any atom is 0.119 e. The molecular formula is C20H23NO2. The largest absolute Gasteiger partial charge is 0.489 e. The normalized spacial score (nSPS) is 29.4. The molecule has 0 aromatic heterocycles. The molecule has 1 atom stereocenters. The molecule has 2 bridgehead atoms. The first kappa shape index (κ1) is 14.7. The van der Waals surface area contributed by atoms with Crippen molar-refractivity contribution in [2.75, 3.05) is 19.6 Å². The summed E-state index contributed by atoms with van der Waals surface area (Å²) < 4.78 is 5.84. The molecule has 3 heterocycles. The van der Waals surface area contributed by atoms with E-state index in [0.717, 1.165) is 49.4 Å². The number of piperidine rings is 3. The summed E-state index contributed by atoms with van der Waals surface area (Å²) in [5, 5.41) is 11.1. The lowest BCUT2D eigenvalue weighted by molar-refractivity contribution is -0.117. The van der Waals surface area contributed by atoms with E-state index in [2.05, 4.69) is 17.0 Å². The van der Waals surface area contributed by atoms with Crippen molar-refractivity contribution in [3.8, 4) is 5.75 Å². The van der Waals surface area contributed by atoms with Crippen molar-refractivity contribution in [2.24, 2.45) is 5.92 Å². The molecular weight excluding hydrogens is 286 g/mol. The Labute approximate surface area is 137 Å². The van der Waals surface area contributed by atoms with Crippen molar-refractivity contribution >= 4 is 0 Å². The molecule has 0 spiro atoms. The zero-order valence-electron chi connectivity index (χ0n) is 13.3. The molecule has 3 heteroatoms. The second-order valence-electron chi connectivity index (χ2n) is 6.77. The molecule has 3 saturated heterocycles. The van der Waals surface area contributed by atoms with Gasteiger partial charge in [0.1, 0.15) is 18.0 Å². The highest BCUT2D eigenvalue weighted by Gasteiger charge is 2.46. The second-order valence-corrected chi connectivity index (χ2v) is 6.77. The van der Waals surface area contributed by atoms with Crippen molar-refractivity contribution in [3.63, 3.8) is 0 Å². The van der Waals surface area contributed by atoms with Crippen molar-refractivity contribution in [2.45, 2.75) is 25.0 Å². The van der Waals surface area contributed by atoms with Crippen LogP contribution in [0.1, 0.15) is 24.0 Å². The molecule has 120 valence electrons. The van der Waals surface area contributed by atoms with Crippen LogP contribution in [-0.4, -0.2) is 29.6 Å². The Morgan fingerprint density at radius 2 is 1.70 bits per heavy atom. The summed E-state index contributed by atoms with van der Waals surface area (Å²) in [5.74, 6) is 1.24. The van der Waals surface area contributed by atoms with Crippen LogP contribution >= 0.6 is 0 Å². The fourth-order valence-corrected chi connectivity index (χ4v) is 3.95. The lowest BCUT2D eigenvalue weighted by atomic mass is 9.72. The van der Waals surface area contributed by atoms with Crippen LogP contribution in [0.25, 0.3) is 0 Å². The molecule has 0 radical (unpaired) electrons. The smallest absolute Gasteiger partial charge is 0.119 e. The maximum absolute atomic E-state index is 11.1. The molecule has 0 aliphatic carbocycles. The molecule has 2 aromatic carbocycles. The number of fused-ring (bicyclic) bond motifs is 3. The van der Waals surface area contributed by atoms with E-state index in [4.69, 9.17) is 4.74 Å². The monoisotopic (exact) mass is 309 g/mol. The molecule has 1 N–H and O–H groups in total. The topological polar surface area (TPSA) is 32.7 Å². The number of hydrogen-bond donors (Lipinski definition) is 1. The van der Waals surface area contributed by atoms with Gasteiger partial charge in [-0.1, -0.05) is 42.5 Å². The molecule has 3 aliphatic heterocycles. The van der Waals surface area contributed by atoms with E-state index in [1.54, 1.807) is 0 Å². The summed E-state index contributed by atoms with van der Waals surface area (Å²) in [6.45, 7) is 3.60. The zero-order valence-corrected chi connectivity index (χ0v) is 13.3. The third-order valence-electron chi connectivity index (χ3n) is 5.33. The number of ether oxygens (including phenoxy) is 1. The van der Waals surface area contributed by atoms with Gasteiger partial charge in [0.25, 0.3) is 0 Å². The average molecular weight is 309 g/mol. The van der Waals surface area contributed by atoms with Gasteiger partial charge >= 0.3 is 0 Å². The Kier molecular flexibility index (Phi) is 3.83. The highest BCUT2D eigenvalue weighted by Crippen LogP contribution is 2.42. The van der Waals surface area contributed by atoms with Gasteiger partial charge in [0.15, 0.2) is 0 Å². The predicted octanol–water partition coefficient (Wildman–Crippen LogP) is 3.18. The van der Waals surface area contributed by atoms with Crippen LogP contribution in [0.5, 0.6) is 5.75 Å². The van der Waals surface area contributed by atoms with Gasteiger partial charge in [0, 0.05) is 6.54 Å². The third-order valence-corrected chi connectivity index (χ3v) is 5.33. The quantitative estimate of drug-likeness (QED) is 0.941. The maximum atomic E-state index is 11.1. The Morgan fingerprint density at radius 1 is 1.00 bits per heavy atom. The number of rotatable bonds is 4. The summed E-state index contributed by atoms with van der Waals surface area (Å²) in [5.41, 5.74) is 1.50. The second kappa shape index (κ2) is 5.99. The van der Waals surface area contributed by atoms with E-state index in [0.29, 0.717) is 12.5 Å². The summed E-state index contributed by atoms with van der Waals surface area (Å²) in [6, 6.07) is 18.2. The molecule has 3 nitrogen and oxygen atoms in total. The van der Waals surface area contributed by atoms with Crippen molar-refractivity contribution in [3.05, 3.63) is 65.7 Å². The van der Waals surface area contributed by atoms with E-state index in [9.17, 15) is 5.11 Å². The molecule has 0 amide bonds. The highest BCUT2D eigenvalue weighted by atomic mass is 16.5. The van der Waals surface area contributed by atoms with E-state index in [1.807, 2.05) is 42.5 Å².